The summed E-state index contributed by atoms with van der Waals surface area (Å²) in [5.74, 6) is 0. The van der Waals surface area contributed by atoms with E-state index in [0.717, 1.165) is 19.8 Å². The first-order chi connectivity index (χ1) is 5.31. The summed E-state index contributed by atoms with van der Waals surface area (Å²) in [4.78, 5) is 0. The minimum absolute atomic E-state index is 0.139. The lowest BCUT2D eigenvalue weighted by Gasteiger charge is -2.15. The summed E-state index contributed by atoms with van der Waals surface area (Å²) in [6.45, 7) is 2.82. The molecule has 0 saturated carbocycles. The zero-order chi connectivity index (χ0) is 9.83. The zero-order valence-corrected chi connectivity index (χ0v) is 8.19. The molecule has 5 heteroatoms. The van der Waals surface area contributed by atoms with Crippen LogP contribution >= 0.6 is 0 Å². The maximum absolute atomic E-state index is 13.1. The van der Waals surface area contributed by atoms with E-state index in [2.05, 4.69) is 0 Å². The van der Waals surface area contributed by atoms with Crippen LogP contribution in [0.15, 0.2) is 0 Å². The first kappa shape index (κ1) is 11.8. The van der Waals surface area contributed by atoms with Gasteiger partial charge in [-0.3, -0.25) is 4.55 Å². The van der Waals surface area contributed by atoms with Gasteiger partial charge in [-0.2, -0.15) is 8.42 Å². The first-order valence-corrected chi connectivity index (χ1v) is 5.41. The van der Waals surface area contributed by atoms with E-state index in [1.165, 1.54) is 0 Å². The van der Waals surface area contributed by atoms with Crippen molar-refractivity contribution in [3.8, 4) is 0 Å². The van der Waals surface area contributed by atoms with Gasteiger partial charge >= 0.3 is 0 Å². The highest BCUT2D eigenvalue weighted by atomic mass is 32.2. The third kappa shape index (κ3) is 3.49. The molecule has 0 radical (unpaired) electrons. The second kappa shape index (κ2) is 4.18. The number of rotatable bonds is 5. The van der Waals surface area contributed by atoms with E-state index in [9.17, 15) is 12.8 Å². The van der Waals surface area contributed by atoms with Gasteiger partial charge in [0.1, 0.15) is 0 Å². The van der Waals surface area contributed by atoms with Gasteiger partial charge in [-0.1, -0.05) is 19.8 Å². The summed E-state index contributed by atoms with van der Waals surface area (Å²) in [5.41, 5.74) is 0. The van der Waals surface area contributed by atoms with Crippen LogP contribution < -0.4 is 0 Å². The SMILES string of the molecule is CCCCCC(C)(F)S(=O)(=O)O. The number of unbranched alkanes of at least 4 members (excludes halogenated alkanes) is 2. The van der Waals surface area contributed by atoms with Crippen LogP contribution in [0.25, 0.3) is 0 Å². The minimum atomic E-state index is -4.55. The van der Waals surface area contributed by atoms with Crippen molar-refractivity contribution in [2.24, 2.45) is 0 Å². The Morgan fingerprint density at radius 3 is 2.25 bits per heavy atom. The van der Waals surface area contributed by atoms with Crippen molar-refractivity contribution < 1.29 is 17.4 Å². The van der Waals surface area contributed by atoms with Gasteiger partial charge in [-0.15, -0.1) is 0 Å². The molecular weight excluding hydrogens is 183 g/mol. The fraction of sp³-hybridized carbons (Fsp3) is 1.00. The molecule has 0 aliphatic rings. The first-order valence-electron chi connectivity index (χ1n) is 3.97. The Balaban J connectivity index is 4.06. The van der Waals surface area contributed by atoms with Crippen LogP contribution in [0.2, 0.25) is 0 Å². The van der Waals surface area contributed by atoms with Crippen molar-refractivity contribution >= 4 is 10.1 Å². The van der Waals surface area contributed by atoms with E-state index in [-0.39, 0.29) is 6.42 Å². The fourth-order valence-electron chi connectivity index (χ4n) is 0.820. The summed E-state index contributed by atoms with van der Waals surface area (Å²) >= 11 is 0. The molecule has 0 spiro atoms. The van der Waals surface area contributed by atoms with Crippen LogP contribution in [-0.4, -0.2) is 18.0 Å². The van der Waals surface area contributed by atoms with Crippen LogP contribution in [0.1, 0.15) is 39.5 Å². The van der Waals surface area contributed by atoms with E-state index in [1.54, 1.807) is 0 Å². The molecule has 0 aromatic rings. The van der Waals surface area contributed by atoms with Crippen molar-refractivity contribution in [3.63, 3.8) is 0 Å². The molecule has 0 aromatic heterocycles. The number of hydrogen-bond donors (Lipinski definition) is 1. The zero-order valence-electron chi connectivity index (χ0n) is 7.38. The molecule has 1 atom stereocenters. The minimum Gasteiger partial charge on any atom is -0.283 e. The molecule has 74 valence electrons. The average molecular weight is 198 g/mol. The molecule has 0 aliphatic heterocycles. The summed E-state index contributed by atoms with van der Waals surface area (Å²) in [7, 11) is -4.55. The standard InChI is InChI=1S/C7H15FO3S/c1-3-4-5-6-7(2,8)12(9,10)11/h3-6H2,1-2H3,(H,9,10,11). The molecule has 0 rings (SSSR count). The number of hydrogen-bond acceptors (Lipinski definition) is 2. The highest BCUT2D eigenvalue weighted by Crippen LogP contribution is 2.24. The maximum atomic E-state index is 13.1. The van der Waals surface area contributed by atoms with Crippen LogP contribution in [0, 0.1) is 0 Å². The topological polar surface area (TPSA) is 54.4 Å². The second-order valence-corrected chi connectivity index (χ2v) is 4.84. The third-order valence-corrected chi connectivity index (χ3v) is 3.04. The van der Waals surface area contributed by atoms with E-state index < -0.39 is 15.1 Å². The summed E-state index contributed by atoms with van der Waals surface area (Å²) in [6.07, 6.45) is 2.00. The maximum Gasteiger partial charge on any atom is 0.300 e. The Hall–Kier alpha value is -0.160. The smallest absolute Gasteiger partial charge is 0.283 e. The fourth-order valence-corrected chi connectivity index (χ4v) is 1.22. The molecule has 0 fully saturated rings. The lowest BCUT2D eigenvalue weighted by Crippen LogP contribution is -2.29. The van der Waals surface area contributed by atoms with Gasteiger partial charge in [-0.25, -0.2) is 4.39 Å². The predicted octanol–water partition coefficient (Wildman–Crippen LogP) is 2.14. The van der Waals surface area contributed by atoms with Gasteiger partial charge in [0.15, 0.2) is 0 Å². The summed E-state index contributed by atoms with van der Waals surface area (Å²) < 4.78 is 42.4. The van der Waals surface area contributed by atoms with Crippen molar-refractivity contribution in [3.05, 3.63) is 0 Å². The van der Waals surface area contributed by atoms with Crippen molar-refractivity contribution in [2.45, 2.75) is 44.5 Å². The molecule has 0 heterocycles. The molecule has 0 aliphatic carbocycles. The Labute approximate surface area is 72.7 Å². The van der Waals surface area contributed by atoms with Crippen molar-refractivity contribution in [2.75, 3.05) is 0 Å². The molecule has 0 amide bonds. The third-order valence-electron chi connectivity index (χ3n) is 1.76. The molecule has 0 bridgehead atoms. The lowest BCUT2D eigenvalue weighted by atomic mass is 10.1. The van der Waals surface area contributed by atoms with Gasteiger partial charge < -0.3 is 0 Å². The molecule has 12 heavy (non-hydrogen) atoms. The van der Waals surface area contributed by atoms with Crippen molar-refractivity contribution in [1.82, 2.24) is 0 Å². The average Bonchev–Trinajstić information content (AvgIpc) is 1.85. The van der Waals surface area contributed by atoms with Crippen LogP contribution in [0.5, 0.6) is 0 Å². The van der Waals surface area contributed by atoms with E-state index in [0.29, 0.717) is 6.42 Å². The van der Waals surface area contributed by atoms with Crippen LogP contribution in [0.3, 0.4) is 0 Å². The Morgan fingerprint density at radius 2 is 1.92 bits per heavy atom. The van der Waals surface area contributed by atoms with Gasteiger partial charge in [0.2, 0.25) is 5.00 Å². The molecule has 1 unspecified atom stereocenters. The highest BCUT2D eigenvalue weighted by molar-refractivity contribution is 7.87. The summed E-state index contributed by atoms with van der Waals surface area (Å²) in [5, 5.41) is -2.48. The number of alkyl halides is 1. The molecule has 0 saturated heterocycles. The predicted molar refractivity (Wildman–Crippen MR) is 45.2 cm³/mol. The largest absolute Gasteiger partial charge is 0.300 e. The van der Waals surface area contributed by atoms with Gasteiger partial charge in [0, 0.05) is 0 Å². The Morgan fingerprint density at radius 1 is 1.42 bits per heavy atom. The Bertz CT molecular complexity index is 221. The normalized spacial score (nSPS) is 17.3. The van der Waals surface area contributed by atoms with E-state index >= 15 is 0 Å². The van der Waals surface area contributed by atoms with E-state index in [4.69, 9.17) is 4.55 Å². The molecular formula is C7H15FO3S. The lowest BCUT2D eigenvalue weighted by molar-refractivity contribution is 0.245. The van der Waals surface area contributed by atoms with Gasteiger partial charge in [0.05, 0.1) is 0 Å². The second-order valence-electron chi connectivity index (χ2n) is 3.03. The molecule has 1 N–H and O–H groups in total. The molecule has 0 aromatic carbocycles. The molecule has 3 nitrogen and oxygen atoms in total. The summed E-state index contributed by atoms with van der Waals surface area (Å²) in [6, 6.07) is 0. The van der Waals surface area contributed by atoms with Crippen LogP contribution in [0.4, 0.5) is 4.39 Å². The van der Waals surface area contributed by atoms with Crippen LogP contribution in [-0.2, 0) is 10.1 Å². The monoisotopic (exact) mass is 198 g/mol. The quantitative estimate of drug-likeness (QED) is 0.544. The highest BCUT2D eigenvalue weighted by Gasteiger charge is 2.36. The van der Waals surface area contributed by atoms with Gasteiger partial charge in [-0.05, 0) is 19.8 Å². The van der Waals surface area contributed by atoms with Crippen molar-refractivity contribution in [1.29, 1.82) is 0 Å². The van der Waals surface area contributed by atoms with E-state index in [1.807, 2.05) is 6.92 Å². The van der Waals surface area contributed by atoms with Gasteiger partial charge in [0.25, 0.3) is 10.1 Å². The Kier molecular flexibility index (Phi) is 4.13. The number of halogens is 1.